The van der Waals surface area contributed by atoms with Crippen molar-refractivity contribution in [3.63, 3.8) is 0 Å². The van der Waals surface area contributed by atoms with Gasteiger partial charge >= 0.3 is 0 Å². The number of hydrogen-bond acceptors (Lipinski definition) is 3. The molecule has 0 radical (unpaired) electrons. The van der Waals surface area contributed by atoms with E-state index in [0.717, 1.165) is 5.82 Å². The number of imidazole rings is 1. The van der Waals surface area contributed by atoms with Crippen molar-refractivity contribution in [1.82, 2.24) is 19.9 Å². The Kier molecular flexibility index (Phi) is 2.78. The first-order valence-corrected chi connectivity index (χ1v) is 4.93. The van der Waals surface area contributed by atoms with Gasteiger partial charge in [0.05, 0.1) is 0 Å². The third-order valence-electron chi connectivity index (χ3n) is 2.47. The van der Waals surface area contributed by atoms with Crippen molar-refractivity contribution in [3.8, 4) is 5.82 Å². The fourth-order valence-corrected chi connectivity index (χ4v) is 1.37. The summed E-state index contributed by atoms with van der Waals surface area (Å²) in [7, 11) is 1.94. The van der Waals surface area contributed by atoms with Gasteiger partial charge in [0.1, 0.15) is 12.1 Å². The molecule has 4 heteroatoms. The highest BCUT2D eigenvalue weighted by molar-refractivity contribution is 5.26. The van der Waals surface area contributed by atoms with E-state index >= 15 is 0 Å². The van der Waals surface area contributed by atoms with E-state index in [2.05, 4.69) is 28.3 Å². The maximum absolute atomic E-state index is 4.37. The van der Waals surface area contributed by atoms with E-state index in [1.165, 1.54) is 5.56 Å². The highest BCUT2D eigenvalue weighted by Crippen LogP contribution is 2.12. The molecule has 0 aromatic carbocycles. The molecule has 0 bridgehead atoms. The number of nitrogens with one attached hydrogen (secondary N) is 1. The fourth-order valence-electron chi connectivity index (χ4n) is 1.37. The lowest BCUT2D eigenvalue weighted by Gasteiger charge is -2.10. The van der Waals surface area contributed by atoms with Crippen molar-refractivity contribution < 1.29 is 0 Å². The monoisotopic (exact) mass is 202 g/mol. The Balaban J connectivity index is 2.25. The summed E-state index contributed by atoms with van der Waals surface area (Å²) < 4.78 is 1.88. The van der Waals surface area contributed by atoms with Gasteiger partial charge in [0.25, 0.3) is 0 Å². The Hall–Kier alpha value is -1.68. The van der Waals surface area contributed by atoms with Crippen LogP contribution in [0.15, 0.2) is 37.1 Å². The van der Waals surface area contributed by atoms with Crippen LogP contribution in [0.25, 0.3) is 5.82 Å². The van der Waals surface area contributed by atoms with Crippen LogP contribution in [0, 0.1) is 0 Å². The van der Waals surface area contributed by atoms with Crippen molar-refractivity contribution in [2.45, 2.75) is 13.0 Å². The first-order chi connectivity index (χ1) is 7.31. The highest BCUT2D eigenvalue weighted by Gasteiger charge is 2.03. The van der Waals surface area contributed by atoms with Crippen LogP contribution in [0.2, 0.25) is 0 Å². The van der Waals surface area contributed by atoms with E-state index in [1.807, 2.05) is 30.1 Å². The fraction of sp³-hybridized carbons (Fsp3) is 0.273. The lowest BCUT2D eigenvalue weighted by molar-refractivity contribution is 0.649. The Morgan fingerprint density at radius 3 is 2.80 bits per heavy atom. The third-order valence-corrected chi connectivity index (χ3v) is 2.47. The Bertz CT molecular complexity index is 405. The lowest BCUT2D eigenvalue weighted by Crippen LogP contribution is -2.12. The average molecular weight is 202 g/mol. The van der Waals surface area contributed by atoms with Crippen LogP contribution in [-0.4, -0.2) is 21.6 Å². The topological polar surface area (TPSA) is 42.7 Å². The normalized spacial score (nSPS) is 12.7. The van der Waals surface area contributed by atoms with Gasteiger partial charge in [-0.15, -0.1) is 0 Å². The summed E-state index contributed by atoms with van der Waals surface area (Å²) in [6, 6.07) is 4.39. The largest absolute Gasteiger partial charge is 0.313 e. The van der Waals surface area contributed by atoms with E-state index in [1.54, 1.807) is 12.5 Å². The van der Waals surface area contributed by atoms with Crippen LogP contribution >= 0.6 is 0 Å². The summed E-state index contributed by atoms with van der Waals surface area (Å²) in [5.41, 5.74) is 1.18. The third kappa shape index (κ3) is 2.05. The summed E-state index contributed by atoms with van der Waals surface area (Å²) in [6.45, 7) is 2.11. The molecule has 0 aliphatic heterocycles. The minimum atomic E-state index is 0.328. The summed E-state index contributed by atoms with van der Waals surface area (Å²) in [6.07, 6.45) is 7.25. The first kappa shape index (κ1) is 9.86. The maximum atomic E-state index is 4.37. The first-order valence-electron chi connectivity index (χ1n) is 4.93. The van der Waals surface area contributed by atoms with Crippen molar-refractivity contribution in [3.05, 3.63) is 42.6 Å². The quantitative estimate of drug-likeness (QED) is 0.821. The van der Waals surface area contributed by atoms with E-state index in [0.29, 0.717) is 6.04 Å². The van der Waals surface area contributed by atoms with Crippen molar-refractivity contribution >= 4 is 0 Å². The molecule has 0 saturated carbocycles. The van der Waals surface area contributed by atoms with Gasteiger partial charge in [-0.2, -0.15) is 0 Å². The van der Waals surface area contributed by atoms with Crippen molar-refractivity contribution in [1.29, 1.82) is 0 Å². The molecule has 4 nitrogen and oxygen atoms in total. The molecule has 2 aromatic rings. The number of aromatic nitrogens is 3. The SMILES string of the molecule is CNC(C)c1ccc(-n2ccnc2)nc1. The number of hydrogen-bond donors (Lipinski definition) is 1. The molecule has 2 heterocycles. The van der Waals surface area contributed by atoms with Gasteiger partial charge in [-0.05, 0) is 25.6 Å². The molecule has 2 rings (SSSR count). The van der Waals surface area contributed by atoms with E-state index in [4.69, 9.17) is 0 Å². The molecule has 1 N–H and O–H groups in total. The second-order valence-corrected chi connectivity index (χ2v) is 3.43. The molecule has 15 heavy (non-hydrogen) atoms. The van der Waals surface area contributed by atoms with Crippen molar-refractivity contribution in [2.75, 3.05) is 7.05 Å². The number of rotatable bonds is 3. The molecule has 1 unspecified atom stereocenters. The summed E-state index contributed by atoms with van der Waals surface area (Å²) in [4.78, 5) is 8.36. The van der Waals surface area contributed by atoms with Crippen LogP contribution in [0.3, 0.4) is 0 Å². The van der Waals surface area contributed by atoms with Gasteiger partial charge in [-0.1, -0.05) is 6.07 Å². The molecule has 2 aromatic heterocycles. The summed E-state index contributed by atoms with van der Waals surface area (Å²) >= 11 is 0. The van der Waals surface area contributed by atoms with E-state index in [-0.39, 0.29) is 0 Å². The Labute approximate surface area is 89.0 Å². The summed E-state index contributed by atoms with van der Waals surface area (Å²) in [5, 5.41) is 3.18. The Morgan fingerprint density at radius 1 is 1.40 bits per heavy atom. The predicted octanol–water partition coefficient (Wildman–Crippen LogP) is 1.55. The molecule has 1 atom stereocenters. The molecule has 0 fully saturated rings. The zero-order chi connectivity index (χ0) is 10.7. The second kappa shape index (κ2) is 4.23. The standard InChI is InChI=1S/C11H14N4/c1-9(12-2)10-3-4-11(14-7-10)15-6-5-13-8-15/h3-9,12H,1-2H3. The van der Waals surface area contributed by atoms with Gasteiger partial charge in [-0.3, -0.25) is 4.57 Å². The molecule has 0 saturated heterocycles. The minimum absolute atomic E-state index is 0.328. The van der Waals surface area contributed by atoms with E-state index in [9.17, 15) is 0 Å². The molecule has 78 valence electrons. The molecule has 0 aliphatic rings. The van der Waals surface area contributed by atoms with E-state index < -0.39 is 0 Å². The molecular formula is C11H14N4. The van der Waals surface area contributed by atoms with Crippen LogP contribution in [0.5, 0.6) is 0 Å². The highest BCUT2D eigenvalue weighted by atomic mass is 15.1. The molecule has 0 amide bonds. The van der Waals surface area contributed by atoms with Gasteiger partial charge in [0.15, 0.2) is 0 Å². The zero-order valence-electron chi connectivity index (χ0n) is 8.88. The van der Waals surface area contributed by atoms with Crippen LogP contribution in [0.4, 0.5) is 0 Å². The van der Waals surface area contributed by atoms with Crippen LogP contribution in [-0.2, 0) is 0 Å². The zero-order valence-corrected chi connectivity index (χ0v) is 8.88. The molecule has 0 aliphatic carbocycles. The molecule has 0 spiro atoms. The van der Waals surface area contributed by atoms with Crippen molar-refractivity contribution in [2.24, 2.45) is 0 Å². The van der Waals surface area contributed by atoms with Crippen LogP contribution < -0.4 is 5.32 Å². The molecular weight excluding hydrogens is 188 g/mol. The average Bonchev–Trinajstić information content (AvgIpc) is 2.82. The lowest BCUT2D eigenvalue weighted by atomic mass is 10.1. The van der Waals surface area contributed by atoms with Crippen LogP contribution in [0.1, 0.15) is 18.5 Å². The Morgan fingerprint density at radius 2 is 2.27 bits per heavy atom. The second-order valence-electron chi connectivity index (χ2n) is 3.43. The van der Waals surface area contributed by atoms with Gasteiger partial charge < -0.3 is 5.32 Å². The predicted molar refractivity (Wildman–Crippen MR) is 58.8 cm³/mol. The number of nitrogens with zero attached hydrogens (tertiary/aromatic N) is 3. The number of pyridine rings is 1. The van der Waals surface area contributed by atoms with Gasteiger partial charge in [-0.25, -0.2) is 9.97 Å². The van der Waals surface area contributed by atoms with Gasteiger partial charge in [0, 0.05) is 24.6 Å². The minimum Gasteiger partial charge on any atom is -0.313 e. The maximum Gasteiger partial charge on any atom is 0.137 e. The summed E-state index contributed by atoms with van der Waals surface area (Å²) in [5.74, 6) is 0.888. The van der Waals surface area contributed by atoms with Gasteiger partial charge in [0.2, 0.25) is 0 Å². The smallest absolute Gasteiger partial charge is 0.137 e.